The lowest BCUT2D eigenvalue weighted by Crippen LogP contribution is -2.15. The van der Waals surface area contributed by atoms with Gasteiger partial charge in [-0.05, 0) is 37.0 Å². The van der Waals surface area contributed by atoms with Gasteiger partial charge in [0.25, 0.3) is 0 Å². The van der Waals surface area contributed by atoms with Crippen LogP contribution < -0.4 is 5.73 Å². The van der Waals surface area contributed by atoms with Gasteiger partial charge in [-0.3, -0.25) is 0 Å². The number of benzene rings is 1. The van der Waals surface area contributed by atoms with Crippen molar-refractivity contribution in [3.05, 3.63) is 24.0 Å². The van der Waals surface area contributed by atoms with E-state index in [1.54, 1.807) is 6.07 Å². The predicted octanol–water partition coefficient (Wildman–Crippen LogP) is 4.08. The van der Waals surface area contributed by atoms with Crippen LogP contribution in [0.3, 0.4) is 0 Å². The highest BCUT2D eigenvalue weighted by Crippen LogP contribution is 2.38. The van der Waals surface area contributed by atoms with E-state index in [9.17, 15) is 4.39 Å². The van der Waals surface area contributed by atoms with Gasteiger partial charge in [0.05, 0.1) is 0 Å². The van der Waals surface area contributed by atoms with E-state index in [0.29, 0.717) is 10.9 Å². The summed E-state index contributed by atoms with van der Waals surface area (Å²) < 4.78 is 12.9. The lowest BCUT2D eigenvalue weighted by Gasteiger charge is -2.26. The smallest absolute Gasteiger partial charge is 0.125 e. The second-order valence-corrected chi connectivity index (χ2v) is 6.04. The lowest BCUT2D eigenvalue weighted by atomic mass is 9.91. The van der Waals surface area contributed by atoms with Crippen molar-refractivity contribution in [2.45, 2.75) is 42.8 Å². The Morgan fingerprint density at radius 1 is 1.38 bits per heavy atom. The number of thioether (sulfide) groups is 1. The first-order chi connectivity index (χ1) is 7.65. The van der Waals surface area contributed by atoms with Gasteiger partial charge in [-0.1, -0.05) is 19.8 Å². The molecule has 2 N–H and O–H groups in total. The van der Waals surface area contributed by atoms with Gasteiger partial charge in [0, 0.05) is 15.8 Å². The molecule has 2 unspecified atom stereocenters. The van der Waals surface area contributed by atoms with Crippen molar-refractivity contribution < 1.29 is 4.39 Å². The standard InChI is InChI=1S/C13H18FNS/c1-9-3-2-4-11(7-9)16-13-6-5-10(14)8-12(13)15/h5-6,8-9,11H,2-4,7,15H2,1H3. The van der Waals surface area contributed by atoms with E-state index >= 15 is 0 Å². The summed E-state index contributed by atoms with van der Waals surface area (Å²) in [5, 5.41) is 0.650. The van der Waals surface area contributed by atoms with Gasteiger partial charge >= 0.3 is 0 Å². The summed E-state index contributed by atoms with van der Waals surface area (Å²) in [4.78, 5) is 1.03. The summed E-state index contributed by atoms with van der Waals surface area (Å²) in [6.07, 6.45) is 5.16. The van der Waals surface area contributed by atoms with E-state index in [-0.39, 0.29) is 5.82 Å². The van der Waals surface area contributed by atoms with Crippen LogP contribution in [0.1, 0.15) is 32.6 Å². The Morgan fingerprint density at radius 3 is 2.88 bits per heavy atom. The highest BCUT2D eigenvalue weighted by atomic mass is 32.2. The van der Waals surface area contributed by atoms with Gasteiger partial charge in [-0.25, -0.2) is 4.39 Å². The molecule has 1 nitrogen and oxygen atoms in total. The third-order valence-corrected chi connectivity index (χ3v) is 4.54. The molecule has 1 aromatic rings. The van der Waals surface area contributed by atoms with Crippen molar-refractivity contribution in [2.24, 2.45) is 5.92 Å². The third kappa shape index (κ3) is 2.91. The molecule has 0 aromatic heterocycles. The third-order valence-electron chi connectivity index (χ3n) is 3.15. The first-order valence-corrected chi connectivity index (χ1v) is 6.75. The van der Waals surface area contributed by atoms with E-state index in [2.05, 4.69) is 6.92 Å². The summed E-state index contributed by atoms with van der Waals surface area (Å²) >= 11 is 1.81. The van der Waals surface area contributed by atoms with Crippen molar-refractivity contribution in [1.82, 2.24) is 0 Å². The molecular weight excluding hydrogens is 221 g/mol. The second-order valence-electron chi connectivity index (χ2n) is 4.69. The molecular formula is C13H18FNS. The van der Waals surface area contributed by atoms with Gasteiger partial charge in [0.15, 0.2) is 0 Å². The van der Waals surface area contributed by atoms with Crippen LogP contribution in [-0.4, -0.2) is 5.25 Å². The number of halogens is 1. The van der Waals surface area contributed by atoms with Crippen molar-refractivity contribution in [1.29, 1.82) is 0 Å². The van der Waals surface area contributed by atoms with Crippen LogP contribution in [0, 0.1) is 11.7 Å². The molecule has 16 heavy (non-hydrogen) atoms. The Labute approximate surface area is 101 Å². The Hall–Kier alpha value is -0.700. The van der Waals surface area contributed by atoms with E-state index in [4.69, 9.17) is 5.73 Å². The van der Waals surface area contributed by atoms with E-state index in [1.165, 1.54) is 37.8 Å². The fourth-order valence-electron chi connectivity index (χ4n) is 2.29. The predicted molar refractivity (Wildman–Crippen MR) is 68.1 cm³/mol. The van der Waals surface area contributed by atoms with Crippen LogP contribution in [0.15, 0.2) is 23.1 Å². The zero-order valence-corrected chi connectivity index (χ0v) is 10.4. The normalized spacial score (nSPS) is 25.6. The molecule has 88 valence electrons. The molecule has 2 atom stereocenters. The number of anilines is 1. The van der Waals surface area contributed by atoms with Crippen LogP contribution >= 0.6 is 11.8 Å². The molecule has 1 aliphatic carbocycles. The van der Waals surface area contributed by atoms with Gasteiger partial charge in [-0.2, -0.15) is 0 Å². The van der Waals surface area contributed by atoms with E-state index in [1.807, 2.05) is 11.8 Å². The highest BCUT2D eigenvalue weighted by Gasteiger charge is 2.20. The van der Waals surface area contributed by atoms with Gasteiger partial charge in [-0.15, -0.1) is 11.8 Å². The number of hydrogen-bond acceptors (Lipinski definition) is 2. The summed E-state index contributed by atoms with van der Waals surface area (Å²) in [5.41, 5.74) is 6.38. The first-order valence-electron chi connectivity index (χ1n) is 5.87. The minimum absolute atomic E-state index is 0.251. The maximum atomic E-state index is 12.9. The van der Waals surface area contributed by atoms with Crippen LogP contribution in [0.4, 0.5) is 10.1 Å². The molecule has 3 heteroatoms. The van der Waals surface area contributed by atoms with Crippen LogP contribution in [0.25, 0.3) is 0 Å². The van der Waals surface area contributed by atoms with Crippen molar-refractivity contribution in [3.8, 4) is 0 Å². The van der Waals surface area contributed by atoms with Crippen LogP contribution in [0.2, 0.25) is 0 Å². The molecule has 0 heterocycles. The lowest BCUT2D eigenvalue weighted by molar-refractivity contribution is 0.394. The largest absolute Gasteiger partial charge is 0.398 e. The zero-order chi connectivity index (χ0) is 11.5. The van der Waals surface area contributed by atoms with Crippen molar-refractivity contribution in [3.63, 3.8) is 0 Å². The average Bonchev–Trinajstić information content (AvgIpc) is 2.22. The summed E-state index contributed by atoms with van der Waals surface area (Å²) in [6.45, 7) is 2.31. The molecule has 1 aromatic carbocycles. The molecule has 0 radical (unpaired) electrons. The Balaban J connectivity index is 2.02. The molecule has 0 spiro atoms. The minimum Gasteiger partial charge on any atom is -0.398 e. The SMILES string of the molecule is CC1CCCC(Sc2ccc(F)cc2N)C1. The molecule has 0 amide bonds. The maximum absolute atomic E-state index is 12.9. The molecule has 2 rings (SSSR count). The fourth-order valence-corrected chi connectivity index (χ4v) is 3.70. The Morgan fingerprint density at radius 2 is 2.19 bits per heavy atom. The molecule has 1 aliphatic rings. The number of nitrogen functional groups attached to an aromatic ring is 1. The first kappa shape index (κ1) is 11.8. The average molecular weight is 239 g/mol. The highest BCUT2D eigenvalue weighted by molar-refractivity contribution is 8.00. The van der Waals surface area contributed by atoms with Crippen molar-refractivity contribution >= 4 is 17.4 Å². The van der Waals surface area contributed by atoms with Crippen LogP contribution in [-0.2, 0) is 0 Å². The summed E-state index contributed by atoms with van der Waals surface area (Å²) in [6, 6.07) is 4.70. The molecule has 1 fully saturated rings. The fraction of sp³-hybridized carbons (Fsp3) is 0.538. The van der Waals surface area contributed by atoms with Crippen molar-refractivity contribution in [2.75, 3.05) is 5.73 Å². The number of hydrogen-bond donors (Lipinski definition) is 1. The van der Waals surface area contributed by atoms with E-state index in [0.717, 1.165) is 10.8 Å². The number of rotatable bonds is 2. The maximum Gasteiger partial charge on any atom is 0.125 e. The monoisotopic (exact) mass is 239 g/mol. The Bertz CT molecular complexity index is 367. The van der Waals surface area contributed by atoms with Gasteiger partial charge < -0.3 is 5.73 Å². The summed E-state index contributed by atoms with van der Waals surface area (Å²) in [5.74, 6) is 0.562. The second kappa shape index (κ2) is 5.09. The molecule has 0 aliphatic heterocycles. The van der Waals surface area contributed by atoms with Gasteiger partial charge in [0.1, 0.15) is 5.82 Å². The minimum atomic E-state index is -0.251. The van der Waals surface area contributed by atoms with Crippen LogP contribution in [0.5, 0.6) is 0 Å². The molecule has 1 saturated carbocycles. The quantitative estimate of drug-likeness (QED) is 0.787. The summed E-state index contributed by atoms with van der Waals surface area (Å²) in [7, 11) is 0. The topological polar surface area (TPSA) is 26.0 Å². The molecule has 0 saturated heterocycles. The Kier molecular flexibility index (Phi) is 3.74. The number of nitrogens with two attached hydrogens (primary N) is 1. The molecule has 0 bridgehead atoms. The van der Waals surface area contributed by atoms with Gasteiger partial charge in [0.2, 0.25) is 0 Å². The zero-order valence-electron chi connectivity index (χ0n) is 9.58. The van der Waals surface area contributed by atoms with E-state index < -0.39 is 0 Å².